The van der Waals surface area contributed by atoms with Crippen LogP contribution in [0.4, 0.5) is 5.69 Å². The first kappa shape index (κ1) is 28.4. The van der Waals surface area contributed by atoms with Gasteiger partial charge >= 0.3 is 0 Å². The molecule has 2 N–H and O–H groups in total. The smallest absolute Gasteiger partial charge is 0.253 e. The number of rotatable bonds is 8. The van der Waals surface area contributed by atoms with Gasteiger partial charge in [0, 0.05) is 66.7 Å². The fourth-order valence-electron chi connectivity index (χ4n) is 6.58. The van der Waals surface area contributed by atoms with Gasteiger partial charge in [0.1, 0.15) is 11.3 Å². The number of likely N-dealkylation sites (tertiary alicyclic amines) is 1. The van der Waals surface area contributed by atoms with Gasteiger partial charge in [-0.15, -0.1) is 0 Å². The highest BCUT2D eigenvalue weighted by molar-refractivity contribution is 6.09. The molecule has 216 valence electrons. The molecule has 0 radical (unpaired) electrons. The van der Waals surface area contributed by atoms with E-state index in [4.69, 9.17) is 9.15 Å². The number of pyridine rings is 1. The minimum atomic E-state index is -0.165. The van der Waals surface area contributed by atoms with Crippen molar-refractivity contribution in [3.05, 3.63) is 62.3 Å². The van der Waals surface area contributed by atoms with Crippen molar-refractivity contribution < 1.29 is 13.9 Å². The largest absolute Gasteiger partial charge is 0.461 e. The standard InChI is InChI=1S/C32H44N4O4/c1-6-24-27(36(7-2)23-10-14-39-15-11-23)18-29-25(17-28(40-29)22-8-12-35(5)13-9-22)30(24)32(38)33-19-26-20(3)16-21(4)34-31(26)37/h16-18,22-23H,6-15,19H2,1-5H3,(H,33,38)(H,34,37). The van der Waals surface area contributed by atoms with Gasteiger partial charge in [0.15, 0.2) is 0 Å². The number of furan rings is 1. The summed E-state index contributed by atoms with van der Waals surface area (Å²) in [6, 6.07) is 6.57. The number of H-pyrrole nitrogens is 1. The summed E-state index contributed by atoms with van der Waals surface area (Å²) in [5, 5.41) is 3.96. The van der Waals surface area contributed by atoms with Crippen molar-refractivity contribution in [1.82, 2.24) is 15.2 Å². The highest BCUT2D eigenvalue weighted by Crippen LogP contribution is 2.39. The number of aryl methyl sites for hydroxylation is 2. The SMILES string of the molecule is CCc1c(N(CC)C2CCOCC2)cc2oc(C3CCN(C)CC3)cc2c1C(=O)NCc1c(C)cc(C)[nH]c1=O. The summed E-state index contributed by atoms with van der Waals surface area (Å²) in [4.78, 5) is 34.4. The highest BCUT2D eigenvalue weighted by atomic mass is 16.5. The van der Waals surface area contributed by atoms with E-state index in [1.54, 1.807) is 0 Å². The summed E-state index contributed by atoms with van der Waals surface area (Å²) < 4.78 is 12.2. The summed E-state index contributed by atoms with van der Waals surface area (Å²) in [5.41, 5.74) is 5.66. The number of carbonyl (C=O) groups excluding carboxylic acids is 1. The lowest BCUT2D eigenvalue weighted by Crippen LogP contribution is -2.40. The molecule has 0 aliphatic carbocycles. The fourth-order valence-corrected chi connectivity index (χ4v) is 6.58. The Labute approximate surface area is 237 Å². The van der Waals surface area contributed by atoms with Crippen LogP contribution in [0.3, 0.4) is 0 Å². The maximum absolute atomic E-state index is 14.1. The molecular formula is C32H44N4O4. The lowest BCUT2D eigenvalue weighted by atomic mass is 9.92. The molecule has 3 aromatic rings. The Bertz CT molecular complexity index is 1410. The van der Waals surface area contributed by atoms with Gasteiger partial charge < -0.3 is 29.3 Å². The molecule has 8 heteroatoms. The van der Waals surface area contributed by atoms with Gasteiger partial charge in [-0.05, 0) is 96.3 Å². The molecule has 2 aromatic heterocycles. The molecule has 4 heterocycles. The monoisotopic (exact) mass is 548 g/mol. The molecule has 1 amide bonds. The third-order valence-corrected chi connectivity index (χ3v) is 8.83. The van der Waals surface area contributed by atoms with E-state index in [0.717, 1.165) is 97.8 Å². The number of piperidine rings is 1. The van der Waals surface area contributed by atoms with Crippen LogP contribution in [0.1, 0.15) is 84.0 Å². The molecule has 0 unspecified atom stereocenters. The number of hydrogen-bond donors (Lipinski definition) is 2. The van der Waals surface area contributed by atoms with Crippen molar-refractivity contribution in [3.63, 3.8) is 0 Å². The molecule has 0 bridgehead atoms. The number of nitrogens with zero attached hydrogens (tertiary/aromatic N) is 2. The zero-order valence-electron chi connectivity index (χ0n) is 24.7. The van der Waals surface area contributed by atoms with E-state index in [2.05, 4.69) is 53.1 Å². The number of fused-ring (bicyclic) bond motifs is 1. The van der Waals surface area contributed by atoms with Crippen LogP contribution in [0.5, 0.6) is 0 Å². The van der Waals surface area contributed by atoms with Crippen LogP contribution >= 0.6 is 0 Å². The van der Waals surface area contributed by atoms with Crippen molar-refractivity contribution in [2.75, 3.05) is 44.8 Å². The van der Waals surface area contributed by atoms with Gasteiger partial charge in [-0.2, -0.15) is 0 Å². The predicted octanol–water partition coefficient (Wildman–Crippen LogP) is 5.04. The molecule has 2 fully saturated rings. The Morgan fingerprint density at radius 1 is 1.07 bits per heavy atom. The molecule has 5 rings (SSSR count). The van der Waals surface area contributed by atoms with Crippen LogP contribution in [0.2, 0.25) is 0 Å². The van der Waals surface area contributed by atoms with Crippen LogP contribution in [-0.2, 0) is 17.7 Å². The van der Waals surface area contributed by atoms with Gasteiger partial charge in [-0.1, -0.05) is 6.92 Å². The van der Waals surface area contributed by atoms with Crippen molar-refractivity contribution in [1.29, 1.82) is 0 Å². The first-order chi connectivity index (χ1) is 19.3. The van der Waals surface area contributed by atoms with E-state index in [0.29, 0.717) is 29.5 Å². The van der Waals surface area contributed by atoms with Crippen molar-refractivity contribution in [3.8, 4) is 0 Å². The van der Waals surface area contributed by atoms with Crippen LogP contribution in [0, 0.1) is 13.8 Å². The van der Waals surface area contributed by atoms with Gasteiger partial charge in [-0.25, -0.2) is 0 Å². The Hall–Kier alpha value is -3.10. The summed E-state index contributed by atoms with van der Waals surface area (Å²) in [5.74, 6) is 1.15. The van der Waals surface area contributed by atoms with Gasteiger partial charge in [0.05, 0.1) is 5.56 Å². The van der Waals surface area contributed by atoms with Crippen molar-refractivity contribution in [2.24, 2.45) is 0 Å². The van der Waals surface area contributed by atoms with Crippen LogP contribution in [0.15, 0.2) is 27.4 Å². The van der Waals surface area contributed by atoms with Crippen LogP contribution in [0.25, 0.3) is 11.0 Å². The summed E-state index contributed by atoms with van der Waals surface area (Å²) in [7, 11) is 2.16. The third-order valence-electron chi connectivity index (χ3n) is 8.83. The lowest BCUT2D eigenvalue weighted by molar-refractivity contribution is 0.0845. The molecule has 0 atom stereocenters. The number of anilines is 1. The molecule has 2 aliphatic rings. The number of aromatic amines is 1. The van der Waals surface area contributed by atoms with Gasteiger partial charge in [-0.3, -0.25) is 9.59 Å². The van der Waals surface area contributed by atoms with Crippen LogP contribution in [-0.4, -0.2) is 61.7 Å². The zero-order chi connectivity index (χ0) is 28.4. The van der Waals surface area contributed by atoms with Gasteiger partial charge in [0.2, 0.25) is 0 Å². The first-order valence-corrected chi connectivity index (χ1v) is 14.9. The molecule has 2 saturated heterocycles. The quantitative estimate of drug-likeness (QED) is 0.410. The average Bonchev–Trinajstić information content (AvgIpc) is 3.36. The third kappa shape index (κ3) is 5.70. The maximum Gasteiger partial charge on any atom is 0.253 e. The number of ether oxygens (including phenoxy) is 1. The topological polar surface area (TPSA) is 90.8 Å². The number of benzene rings is 1. The number of aromatic nitrogens is 1. The van der Waals surface area contributed by atoms with Gasteiger partial charge in [0.25, 0.3) is 11.5 Å². The van der Waals surface area contributed by atoms with Crippen LogP contribution < -0.4 is 15.8 Å². The summed E-state index contributed by atoms with van der Waals surface area (Å²) in [6.07, 6.45) is 4.73. The predicted molar refractivity (Wildman–Crippen MR) is 160 cm³/mol. The second-order valence-electron chi connectivity index (χ2n) is 11.5. The Kier molecular flexibility index (Phi) is 8.66. The van der Waals surface area contributed by atoms with Crippen molar-refractivity contribution >= 4 is 22.6 Å². The van der Waals surface area contributed by atoms with E-state index in [1.807, 2.05) is 19.9 Å². The normalized spacial score (nSPS) is 17.4. The Balaban J connectivity index is 1.58. The number of hydrogen-bond acceptors (Lipinski definition) is 6. The van der Waals surface area contributed by atoms with E-state index in [-0.39, 0.29) is 18.0 Å². The minimum Gasteiger partial charge on any atom is -0.461 e. The molecule has 1 aromatic carbocycles. The maximum atomic E-state index is 14.1. The molecule has 0 saturated carbocycles. The summed E-state index contributed by atoms with van der Waals surface area (Å²) in [6.45, 7) is 12.7. The zero-order valence-corrected chi connectivity index (χ0v) is 24.7. The number of nitrogens with one attached hydrogen (secondary N) is 2. The first-order valence-electron chi connectivity index (χ1n) is 14.9. The molecule has 2 aliphatic heterocycles. The minimum absolute atomic E-state index is 0.156. The number of amides is 1. The number of carbonyl (C=O) groups is 1. The molecule has 0 spiro atoms. The second-order valence-corrected chi connectivity index (χ2v) is 11.5. The Morgan fingerprint density at radius 3 is 2.45 bits per heavy atom. The van der Waals surface area contributed by atoms with E-state index >= 15 is 0 Å². The highest BCUT2D eigenvalue weighted by Gasteiger charge is 2.29. The fraction of sp³-hybridized carbons (Fsp3) is 0.562. The Morgan fingerprint density at radius 2 is 1.80 bits per heavy atom. The summed E-state index contributed by atoms with van der Waals surface area (Å²) >= 11 is 0. The molecule has 40 heavy (non-hydrogen) atoms. The lowest BCUT2D eigenvalue weighted by Gasteiger charge is -2.37. The van der Waals surface area contributed by atoms with Crippen molar-refractivity contribution in [2.45, 2.75) is 78.3 Å². The molecular weight excluding hydrogens is 504 g/mol. The average molecular weight is 549 g/mol. The second kappa shape index (κ2) is 12.2. The van der Waals surface area contributed by atoms with E-state index in [1.165, 1.54) is 0 Å². The van der Waals surface area contributed by atoms with E-state index in [9.17, 15) is 9.59 Å². The van der Waals surface area contributed by atoms with E-state index < -0.39 is 0 Å². The molecule has 8 nitrogen and oxygen atoms in total.